The summed E-state index contributed by atoms with van der Waals surface area (Å²) in [6.45, 7) is 4.14. The van der Waals surface area contributed by atoms with Crippen molar-refractivity contribution in [3.8, 4) is 0 Å². The monoisotopic (exact) mass is 1540 g/mol. The van der Waals surface area contributed by atoms with E-state index in [4.69, 9.17) is 37.0 Å². The number of carbonyl (C=O) groups is 4. The maximum absolute atomic E-state index is 13.1. The van der Waals surface area contributed by atoms with Gasteiger partial charge in [-0.3, -0.25) is 37.3 Å². The van der Waals surface area contributed by atoms with Crippen LogP contribution >= 0.6 is 15.6 Å². The second-order valence-electron chi connectivity index (χ2n) is 25.5. The van der Waals surface area contributed by atoms with Crippen LogP contribution in [0.1, 0.15) is 259 Å². The summed E-state index contributed by atoms with van der Waals surface area (Å²) >= 11 is 0. The number of phosphoric acid groups is 2. The highest BCUT2D eigenvalue weighted by Crippen LogP contribution is 2.45. The van der Waals surface area contributed by atoms with Crippen molar-refractivity contribution in [1.82, 2.24) is 0 Å². The molecule has 0 radical (unpaired) electrons. The van der Waals surface area contributed by atoms with Crippen molar-refractivity contribution in [2.24, 2.45) is 0 Å². The summed E-state index contributed by atoms with van der Waals surface area (Å²) in [4.78, 5) is 73.0. The molecule has 0 aliphatic rings. The van der Waals surface area contributed by atoms with Crippen molar-refractivity contribution in [3.05, 3.63) is 219 Å². The Bertz CT molecular complexity index is 2910. The van der Waals surface area contributed by atoms with Gasteiger partial charge in [-0.05, 0) is 161 Å². The van der Waals surface area contributed by atoms with Crippen LogP contribution in [0.3, 0.4) is 0 Å². The molecule has 5 unspecified atom stereocenters. The summed E-state index contributed by atoms with van der Waals surface area (Å²) in [6, 6.07) is 0. The molecule has 0 heterocycles. The molecule has 0 aliphatic heterocycles. The lowest BCUT2D eigenvalue weighted by atomic mass is 10.1. The Morgan fingerprint density at radius 3 is 0.833 bits per heavy atom. The zero-order valence-corrected chi connectivity index (χ0v) is 68.0. The number of aliphatic hydroxyl groups excluding tert-OH is 1. The lowest BCUT2D eigenvalue weighted by molar-refractivity contribution is -0.161. The Kier molecular flexibility index (Phi) is 73.7. The van der Waals surface area contributed by atoms with Crippen LogP contribution in [-0.2, 0) is 65.4 Å². The van der Waals surface area contributed by atoms with E-state index in [1.165, 1.54) is 0 Å². The number of allylic oxidation sites excluding steroid dienone is 35. The van der Waals surface area contributed by atoms with Crippen LogP contribution < -0.4 is 0 Å². The van der Waals surface area contributed by atoms with Crippen molar-refractivity contribution < 1.29 is 80.2 Å². The molecule has 0 aromatic heterocycles. The summed E-state index contributed by atoms with van der Waals surface area (Å²) < 4.78 is 68.4. The van der Waals surface area contributed by atoms with Gasteiger partial charge >= 0.3 is 39.5 Å². The first kappa shape index (κ1) is 101. The molecule has 17 nitrogen and oxygen atoms in total. The Balaban J connectivity index is 5.56. The Morgan fingerprint density at radius 2 is 0.509 bits per heavy atom. The fourth-order valence-electron chi connectivity index (χ4n) is 9.56. The Morgan fingerprint density at radius 1 is 0.269 bits per heavy atom. The molecule has 0 bridgehead atoms. The van der Waals surface area contributed by atoms with Gasteiger partial charge in [0.1, 0.15) is 19.3 Å². The first-order valence-corrected chi connectivity index (χ1v) is 43.0. The van der Waals surface area contributed by atoms with Crippen LogP contribution in [0.2, 0.25) is 0 Å². The third-order valence-electron chi connectivity index (χ3n) is 15.5. The summed E-state index contributed by atoms with van der Waals surface area (Å²) in [5.41, 5.74) is 0. The average molecular weight is 1540 g/mol. The quantitative estimate of drug-likeness (QED) is 0.0169. The van der Waals surface area contributed by atoms with E-state index in [0.717, 1.165) is 173 Å². The number of hydrogen-bond donors (Lipinski definition) is 3. The summed E-state index contributed by atoms with van der Waals surface area (Å²) in [7, 11) is -10.0. The van der Waals surface area contributed by atoms with E-state index in [-0.39, 0.29) is 25.7 Å². The van der Waals surface area contributed by atoms with Crippen molar-refractivity contribution in [3.63, 3.8) is 0 Å². The zero-order valence-electron chi connectivity index (χ0n) is 66.2. The molecule has 5 atom stereocenters. The lowest BCUT2D eigenvalue weighted by Gasteiger charge is -2.21. The number of aliphatic hydroxyl groups is 1. The van der Waals surface area contributed by atoms with E-state index in [9.17, 15) is 43.2 Å². The minimum atomic E-state index is -5.03. The number of unbranched alkanes of at least 4 members (excludes halogenated alkanes) is 11. The second kappa shape index (κ2) is 78.5. The van der Waals surface area contributed by atoms with E-state index in [1.54, 1.807) is 12.2 Å². The lowest BCUT2D eigenvalue weighted by Crippen LogP contribution is -2.30. The Labute approximate surface area is 651 Å². The van der Waals surface area contributed by atoms with E-state index in [0.29, 0.717) is 32.1 Å². The summed E-state index contributed by atoms with van der Waals surface area (Å²) in [6.07, 6.45) is 99.6. The van der Waals surface area contributed by atoms with Crippen LogP contribution in [0.4, 0.5) is 0 Å². The highest BCUT2D eigenvalue weighted by molar-refractivity contribution is 7.47. The molecular weight excluding hydrogens is 1400 g/mol. The molecule has 606 valence electrons. The fourth-order valence-corrected chi connectivity index (χ4v) is 11.1. The normalized spacial score (nSPS) is 15.0. The SMILES string of the molecule is CC/C=C\C/C=C\C/C=C\C/C=C\C/C=C\C/C=C\CCC(=O)OCC(COP(=O)(O)OCC(O)COP(=O)(O)OCC(COC(=O)CCCCCC/C=C\C/C=C\C/C=C\C/C=C\CC)OC(=O)C/C=C\C/C=C\C/C=C\C/C=C\C/C=C\CC)OC(=O)CCCCCCCCC/C=C\C/C=C\C/C=C\CC. The number of rotatable bonds is 72. The van der Waals surface area contributed by atoms with E-state index in [1.807, 2.05) is 30.4 Å². The third kappa shape index (κ3) is 77.5. The van der Waals surface area contributed by atoms with E-state index in [2.05, 4.69) is 204 Å². The zero-order chi connectivity index (χ0) is 78.9. The molecule has 0 saturated heterocycles. The van der Waals surface area contributed by atoms with Crippen LogP contribution in [0.15, 0.2) is 219 Å². The molecule has 0 spiro atoms. The number of carbonyl (C=O) groups excluding carboxylic acids is 4. The molecule has 0 rings (SSSR count). The van der Waals surface area contributed by atoms with Gasteiger partial charge in [0, 0.05) is 19.3 Å². The number of esters is 4. The van der Waals surface area contributed by atoms with Crippen LogP contribution in [0.25, 0.3) is 0 Å². The molecular formula is C89H138O17P2. The molecule has 0 fully saturated rings. The van der Waals surface area contributed by atoms with E-state index >= 15 is 0 Å². The second-order valence-corrected chi connectivity index (χ2v) is 28.4. The average Bonchev–Trinajstić information content (AvgIpc) is 0.906. The van der Waals surface area contributed by atoms with Crippen molar-refractivity contribution in [1.29, 1.82) is 0 Å². The standard InChI is InChI=1S/C89H138O17P2/c1-5-9-13-17-21-25-29-33-37-40-41-44-47-50-54-58-62-66-70-74-87(92)100-80-85(106-89(94)76-72-68-64-60-56-52-48-43-39-35-31-27-23-19-15-11-7-3)82-104-108(97,98)102-78-83(90)77-101-107(95,96)103-81-84(105-88(93)75-71-67-63-59-55-51-45-36-32-28-24-20-16-12-8-4)79-99-86(91)73-69-65-61-57-53-49-46-42-38-34-30-26-22-18-14-10-6-2/h9-16,21-28,33-39,41,44-46,49-50,54-55,59,62,66-67,71,83-85,90H,5-8,17-20,29-32,40,42-43,47-48,51-53,56-58,60-61,63-65,68-70,72-82H2,1-4H3,(H,95,96)(H,97,98)/b13-9-,14-10-,15-11-,16-12-,25-21-,26-22-,27-23-,28-24-,37-33-,38-34-,39-35-,44-41-,45-36-,49-46-,54-50-,59-55-,66-62-,71-67-. The van der Waals surface area contributed by atoms with Gasteiger partial charge in [-0.1, -0.05) is 291 Å². The Hall–Kier alpha value is -6.62. The third-order valence-corrected chi connectivity index (χ3v) is 17.4. The fraction of sp³-hybridized carbons (Fsp3) is 0.551. The predicted octanol–water partition coefficient (Wildman–Crippen LogP) is 23.7. The highest BCUT2D eigenvalue weighted by atomic mass is 31.2. The summed E-state index contributed by atoms with van der Waals surface area (Å²) in [5, 5.41) is 10.6. The van der Waals surface area contributed by atoms with Crippen molar-refractivity contribution >= 4 is 39.5 Å². The largest absolute Gasteiger partial charge is 0.472 e. The molecule has 0 aliphatic carbocycles. The first-order valence-electron chi connectivity index (χ1n) is 40.0. The van der Waals surface area contributed by atoms with Gasteiger partial charge in [0.2, 0.25) is 0 Å². The molecule has 0 aromatic rings. The van der Waals surface area contributed by atoms with E-state index < -0.39 is 97.5 Å². The minimum absolute atomic E-state index is 0.0221. The highest BCUT2D eigenvalue weighted by Gasteiger charge is 2.30. The van der Waals surface area contributed by atoms with Gasteiger partial charge in [0.05, 0.1) is 32.8 Å². The minimum Gasteiger partial charge on any atom is -0.462 e. The molecule has 19 heteroatoms. The van der Waals surface area contributed by atoms with Crippen molar-refractivity contribution in [2.45, 2.75) is 277 Å². The van der Waals surface area contributed by atoms with Crippen LogP contribution in [-0.4, -0.2) is 96.7 Å². The van der Waals surface area contributed by atoms with Gasteiger partial charge in [-0.15, -0.1) is 0 Å². The predicted molar refractivity (Wildman–Crippen MR) is 445 cm³/mol. The number of hydrogen-bond acceptors (Lipinski definition) is 15. The smallest absolute Gasteiger partial charge is 0.462 e. The molecule has 0 saturated carbocycles. The van der Waals surface area contributed by atoms with Gasteiger partial charge < -0.3 is 33.8 Å². The van der Waals surface area contributed by atoms with Crippen LogP contribution in [0, 0.1) is 0 Å². The molecule has 0 amide bonds. The molecule has 3 N–H and O–H groups in total. The molecule has 0 aromatic carbocycles. The number of ether oxygens (including phenoxy) is 4. The first-order chi connectivity index (χ1) is 52.7. The van der Waals surface area contributed by atoms with Gasteiger partial charge in [0.25, 0.3) is 0 Å². The van der Waals surface area contributed by atoms with Crippen LogP contribution in [0.5, 0.6) is 0 Å². The van der Waals surface area contributed by atoms with Gasteiger partial charge in [-0.25, -0.2) is 9.13 Å². The maximum atomic E-state index is 13.1. The van der Waals surface area contributed by atoms with Crippen molar-refractivity contribution in [2.75, 3.05) is 39.6 Å². The van der Waals surface area contributed by atoms with Gasteiger partial charge in [0.15, 0.2) is 12.2 Å². The summed E-state index contributed by atoms with van der Waals surface area (Å²) in [5.74, 6) is -2.49. The number of phosphoric ester groups is 2. The van der Waals surface area contributed by atoms with Gasteiger partial charge in [-0.2, -0.15) is 0 Å². The topological polar surface area (TPSA) is 237 Å². The maximum Gasteiger partial charge on any atom is 0.472 e. The molecule has 108 heavy (non-hydrogen) atoms.